The van der Waals surface area contributed by atoms with Gasteiger partial charge in [0.25, 0.3) is 11.7 Å². The van der Waals surface area contributed by atoms with Crippen molar-refractivity contribution in [3.63, 3.8) is 0 Å². The van der Waals surface area contributed by atoms with Gasteiger partial charge >= 0.3 is 0 Å². The summed E-state index contributed by atoms with van der Waals surface area (Å²) in [7, 11) is 0. The van der Waals surface area contributed by atoms with Gasteiger partial charge in [-0.25, -0.2) is 0 Å². The molecule has 1 N–H and O–H groups in total. The highest BCUT2D eigenvalue weighted by Gasteiger charge is 2.46. The van der Waals surface area contributed by atoms with Gasteiger partial charge in [0.15, 0.2) is 0 Å². The first-order valence-electron chi connectivity index (χ1n) is 11.0. The van der Waals surface area contributed by atoms with E-state index in [0.717, 1.165) is 34.4 Å². The number of ether oxygens (including phenoxy) is 1. The number of aliphatic hydroxyl groups excluding tert-OH is 1. The molecule has 6 nitrogen and oxygen atoms in total. The van der Waals surface area contributed by atoms with Crippen molar-refractivity contribution in [2.24, 2.45) is 0 Å². The summed E-state index contributed by atoms with van der Waals surface area (Å²) in [5.41, 5.74) is 4.28. The van der Waals surface area contributed by atoms with E-state index in [0.29, 0.717) is 5.56 Å². The molecule has 3 heterocycles. The molecule has 2 aromatic carbocycles. The molecule has 0 bridgehead atoms. The summed E-state index contributed by atoms with van der Waals surface area (Å²) in [5.74, 6) is -0.694. The Balaban J connectivity index is 1.62. The molecule has 2 atom stereocenters. The fraction of sp³-hybridized carbons (Fsp3) is 0.222. The molecule has 1 amide bonds. The maximum Gasteiger partial charge on any atom is 0.295 e. The molecular weight excluding hydrogens is 416 g/mol. The van der Waals surface area contributed by atoms with Crippen LogP contribution in [0.2, 0.25) is 0 Å². The van der Waals surface area contributed by atoms with Gasteiger partial charge in [0.2, 0.25) is 0 Å². The third-order valence-corrected chi connectivity index (χ3v) is 6.20. The van der Waals surface area contributed by atoms with E-state index in [4.69, 9.17) is 4.74 Å². The van der Waals surface area contributed by atoms with E-state index in [1.165, 1.54) is 4.90 Å². The molecule has 6 heteroatoms. The number of hydrogen-bond acceptors (Lipinski definition) is 5. The standard InChI is InChI=1S/C27H24N2O4/c1-16-3-5-19(6-4-16)24-23(25(30)20-7-8-22-21(14-20)13-17(2)33-22)26(31)27(32)29(24)15-18-9-11-28-12-10-18/h3-12,14,17,24,30H,13,15H2,1-2H3/b25-23+. The summed E-state index contributed by atoms with van der Waals surface area (Å²) in [6.07, 6.45) is 4.10. The van der Waals surface area contributed by atoms with Gasteiger partial charge in [-0.15, -0.1) is 0 Å². The number of amides is 1. The normalized spacial score (nSPS) is 21.2. The van der Waals surface area contributed by atoms with Crippen molar-refractivity contribution in [2.75, 3.05) is 0 Å². The van der Waals surface area contributed by atoms with Gasteiger partial charge in [0, 0.05) is 30.9 Å². The average molecular weight is 440 g/mol. The number of pyridine rings is 1. The first kappa shape index (κ1) is 20.9. The Kier molecular flexibility index (Phi) is 5.21. The molecule has 2 aliphatic heterocycles. The zero-order valence-electron chi connectivity index (χ0n) is 18.5. The summed E-state index contributed by atoms with van der Waals surface area (Å²) >= 11 is 0. The molecule has 0 saturated carbocycles. The maximum atomic E-state index is 13.2. The van der Waals surface area contributed by atoms with E-state index in [2.05, 4.69) is 4.98 Å². The van der Waals surface area contributed by atoms with Crippen LogP contribution in [0, 0.1) is 6.92 Å². The lowest BCUT2D eigenvalue weighted by molar-refractivity contribution is -0.140. The number of aromatic nitrogens is 1. The molecule has 2 aliphatic rings. The molecule has 166 valence electrons. The Morgan fingerprint density at radius 2 is 1.82 bits per heavy atom. The van der Waals surface area contributed by atoms with Crippen molar-refractivity contribution in [3.8, 4) is 5.75 Å². The predicted octanol–water partition coefficient (Wildman–Crippen LogP) is 4.34. The van der Waals surface area contributed by atoms with E-state index in [1.54, 1.807) is 18.5 Å². The van der Waals surface area contributed by atoms with Crippen LogP contribution in [-0.2, 0) is 22.6 Å². The van der Waals surface area contributed by atoms with Crippen molar-refractivity contribution in [1.29, 1.82) is 0 Å². The van der Waals surface area contributed by atoms with E-state index in [-0.39, 0.29) is 24.0 Å². The van der Waals surface area contributed by atoms with Gasteiger partial charge in [-0.05, 0) is 60.9 Å². The van der Waals surface area contributed by atoms with Crippen molar-refractivity contribution in [1.82, 2.24) is 9.88 Å². The second kappa shape index (κ2) is 8.20. The maximum absolute atomic E-state index is 13.2. The minimum absolute atomic E-state index is 0.0656. The molecule has 1 saturated heterocycles. The zero-order valence-corrected chi connectivity index (χ0v) is 18.5. The fourth-order valence-electron chi connectivity index (χ4n) is 4.55. The number of carbonyl (C=O) groups is 2. The summed E-state index contributed by atoms with van der Waals surface area (Å²) < 4.78 is 5.76. The lowest BCUT2D eigenvalue weighted by Gasteiger charge is -2.25. The molecule has 0 aliphatic carbocycles. The van der Waals surface area contributed by atoms with Crippen molar-refractivity contribution in [2.45, 2.75) is 39.0 Å². The number of carbonyl (C=O) groups excluding carboxylic acids is 2. The first-order chi connectivity index (χ1) is 15.9. The van der Waals surface area contributed by atoms with Crippen LogP contribution in [0.5, 0.6) is 5.75 Å². The molecule has 33 heavy (non-hydrogen) atoms. The van der Waals surface area contributed by atoms with Gasteiger partial charge in [0.05, 0.1) is 11.6 Å². The highest BCUT2D eigenvalue weighted by atomic mass is 16.5. The second-order valence-electron chi connectivity index (χ2n) is 8.65. The summed E-state index contributed by atoms with van der Waals surface area (Å²) in [6.45, 7) is 4.20. The van der Waals surface area contributed by atoms with Crippen molar-refractivity contribution in [3.05, 3.63) is 100 Å². The number of likely N-dealkylation sites (tertiary alicyclic amines) is 1. The van der Waals surface area contributed by atoms with Gasteiger partial charge in [-0.3, -0.25) is 14.6 Å². The topological polar surface area (TPSA) is 79.7 Å². The van der Waals surface area contributed by atoms with E-state index < -0.39 is 17.7 Å². The van der Waals surface area contributed by atoms with Crippen LogP contribution < -0.4 is 4.74 Å². The zero-order chi connectivity index (χ0) is 23.1. The monoisotopic (exact) mass is 440 g/mol. The number of benzene rings is 2. The minimum atomic E-state index is -0.692. The minimum Gasteiger partial charge on any atom is -0.507 e. The summed E-state index contributed by atoms with van der Waals surface area (Å²) in [5, 5.41) is 11.3. The SMILES string of the molecule is Cc1ccc(C2/C(=C(\O)c3ccc4c(c3)CC(C)O4)C(=O)C(=O)N2Cc2ccncc2)cc1. The Morgan fingerprint density at radius 1 is 1.09 bits per heavy atom. The molecule has 1 fully saturated rings. The van der Waals surface area contributed by atoms with Crippen molar-refractivity contribution >= 4 is 17.4 Å². The van der Waals surface area contributed by atoms with Crippen LogP contribution in [0.4, 0.5) is 0 Å². The lowest BCUT2D eigenvalue weighted by Crippen LogP contribution is -2.29. The van der Waals surface area contributed by atoms with Crippen LogP contribution in [0.25, 0.3) is 5.76 Å². The number of Topliss-reactive ketones (excluding diaryl/α,β-unsaturated/α-hetero) is 1. The number of fused-ring (bicyclic) bond motifs is 1. The molecule has 3 aromatic rings. The molecule has 1 aromatic heterocycles. The first-order valence-corrected chi connectivity index (χ1v) is 11.0. The average Bonchev–Trinajstić information content (AvgIpc) is 3.31. The van der Waals surface area contributed by atoms with Crippen LogP contribution >= 0.6 is 0 Å². The third kappa shape index (κ3) is 3.78. The molecule has 5 rings (SSSR count). The molecular formula is C27H24N2O4. The number of rotatable bonds is 4. The fourth-order valence-corrected chi connectivity index (χ4v) is 4.55. The predicted molar refractivity (Wildman–Crippen MR) is 123 cm³/mol. The Labute approximate surface area is 192 Å². The van der Waals surface area contributed by atoms with Crippen molar-refractivity contribution < 1.29 is 19.4 Å². The Bertz CT molecular complexity index is 1270. The van der Waals surface area contributed by atoms with E-state index in [1.807, 2.05) is 62.4 Å². The highest BCUT2D eigenvalue weighted by Crippen LogP contribution is 2.41. The Hall–Kier alpha value is -3.93. The van der Waals surface area contributed by atoms with Crippen LogP contribution in [0.15, 0.2) is 72.6 Å². The number of hydrogen-bond donors (Lipinski definition) is 1. The number of ketones is 1. The quantitative estimate of drug-likeness (QED) is 0.371. The largest absolute Gasteiger partial charge is 0.507 e. The van der Waals surface area contributed by atoms with Gasteiger partial charge in [-0.1, -0.05) is 29.8 Å². The Morgan fingerprint density at radius 3 is 2.55 bits per heavy atom. The lowest BCUT2D eigenvalue weighted by atomic mass is 9.94. The number of nitrogens with zero attached hydrogens (tertiary/aromatic N) is 2. The van der Waals surface area contributed by atoms with Gasteiger partial charge in [-0.2, -0.15) is 0 Å². The van der Waals surface area contributed by atoms with E-state index in [9.17, 15) is 14.7 Å². The molecule has 0 radical (unpaired) electrons. The molecule has 2 unspecified atom stereocenters. The number of aliphatic hydroxyl groups is 1. The van der Waals surface area contributed by atoms with Crippen LogP contribution in [0.3, 0.4) is 0 Å². The second-order valence-corrected chi connectivity index (χ2v) is 8.65. The van der Waals surface area contributed by atoms with E-state index >= 15 is 0 Å². The van der Waals surface area contributed by atoms with Gasteiger partial charge < -0.3 is 14.7 Å². The molecule has 0 spiro atoms. The summed E-state index contributed by atoms with van der Waals surface area (Å²) in [4.78, 5) is 31.9. The third-order valence-electron chi connectivity index (χ3n) is 6.20. The van der Waals surface area contributed by atoms with Crippen LogP contribution in [-0.4, -0.2) is 32.8 Å². The highest BCUT2D eigenvalue weighted by molar-refractivity contribution is 6.46. The van der Waals surface area contributed by atoms with Gasteiger partial charge in [0.1, 0.15) is 17.6 Å². The smallest absolute Gasteiger partial charge is 0.295 e. The number of aryl methyl sites for hydroxylation is 1. The van der Waals surface area contributed by atoms with Crippen LogP contribution in [0.1, 0.15) is 40.8 Å². The summed E-state index contributed by atoms with van der Waals surface area (Å²) in [6, 6.07) is 16.0.